The molecule has 1 aliphatic heterocycles. The summed E-state index contributed by atoms with van der Waals surface area (Å²) in [6.07, 6.45) is 3.72. The van der Waals surface area contributed by atoms with Crippen LogP contribution in [-0.2, 0) is 0 Å². The van der Waals surface area contributed by atoms with Gasteiger partial charge >= 0.3 is 0 Å². The fraction of sp³-hybridized carbons (Fsp3) is 0.455. The van der Waals surface area contributed by atoms with Gasteiger partial charge in [-0.2, -0.15) is 5.26 Å². The quantitative estimate of drug-likeness (QED) is 0.641. The molecule has 3 N–H and O–H groups in total. The monoisotopic (exact) mass is 442 g/mol. The van der Waals surface area contributed by atoms with E-state index in [-0.39, 0.29) is 33.4 Å². The fourth-order valence-corrected chi connectivity index (χ4v) is 5.81. The van der Waals surface area contributed by atoms with Crippen LogP contribution in [0.2, 0.25) is 0 Å². The Morgan fingerprint density at radius 1 is 1.42 bits per heavy atom. The number of thiophene rings is 1. The van der Waals surface area contributed by atoms with E-state index in [0.29, 0.717) is 41.4 Å². The van der Waals surface area contributed by atoms with Crippen molar-refractivity contribution < 1.29 is 14.2 Å². The number of nitriles is 1. The Kier molecular flexibility index (Phi) is 4.79. The van der Waals surface area contributed by atoms with Crippen molar-refractivity contribution in [1.29, 1.82) is 5.26 Å². The number of nitrogens with zero attached hydrogens (tertiary/aromatic N) is 3. The van der Waals surface area contributed by atoms with E-state index < -0.39 is 11.2 Å². The topological polar surface area (TPSA) is 105 Å². The van der Waals surface area contributed by atoms with Gasteiger partial charge in [-0.3, -0.25) is 4.79 Å². The van der Waals surface area contributed by atoms with Crippen LogP contribution in [0.3, 0.4) is 0 Å². The molecule has 1 unspecified atom stereocenters. The largest absolute Gasteiger partial charge is 0.505 e. The molecule has 2 aliphatic rings. The molecule has 0 spiro atoms. The minimum Gasteiger partial charge on any atom is -0.505 e. The summed E-state index contributed by atoms with van der Waals surface area (Å²) in [5, 5.41) is 20.1. The lowest BCUT2D eigenvalue weighted by Crippen LogP contribution is -2.39. The number of ether oxygens (including phenoxy) is 1. The van der Waals surface area contributed by atoms with Crippen LogP contribution in [0.5, 0.6) is 11.5 Å². The van der Waals surface area contributed by atoms with E-state index in [1.165, 1.54) is 13.2 Å². The number of fused-ring (bicyclic) bond motifs is 2. The minimum absolute atomic E-state index is 0.0799. The zero-order valence-corrected chi connectivity index (χ0v) is 18.0. The Hall–Kier alpha value is -2.83. The van der Waals surface area contributed by atoms with Gasteiger partial charge in [-0.25, -0.2) is 4.39 Å². The summed E-state index contributed by atoms with van der Waals surface area (Å²) >= 11 is 1.09. The highest BCUT2D eigenvalue weighted by Gasteiger charge is 2.34. The van der Waals surface area contributed by atoms with E-state index in [0.717, 1.165) is 37.0 Å². The Labute approximate surface area is 182 Å². The second-order valence-corrected chi connectivity index (χ2v) is 9.33. The summed E-state index contributed by atoms with van der Waals surface area (Å²) in [7, 11) is 1.49. The van der Waals surface area contributed by atoms with Crippen LogP contribution in [0.1, 0.15) is 36.6 Å². The number of aromatic nitrogens is 1. The Balaban J connectivity index is 1.88. The van der Waals surface area contributed by atoms with Crippen molar-refractivity contribution >= 4 is 38.1 Å². The first-order valence-corrected chi connectivity index (χ1v) is 11.3. The van der Waals surface area contributed by atoms with Gasteiger partial charge in [-0.15, -0.1) is 11.3 Å². The summed E-state index contributed by atoms with van der Waals surface area (Å²) in [5.41, 5.74) is 6.27. The van der Waals surface area contributed by atoms with Crippen molar-refractivity contribution in [3.8, 4) is 17.6 Å². The van der Waals surface area contributed by atoms with Gasteiger partial charge in [-0.05, 0) is 44.2 Å². The van der Waals surface area contributed by atoms with Crippen molar-refractivity contribution in [3.63, 3.8) is 0 Å². The number of hydrogen-bond donors (Lipinski definition) is 2. The third-order valence-corrected chi connectivity index (χ3v) is 7.45. The summed E-state index contributed by atoms with van der Waals surface area (Å²) in [5.74, 6) is -0.260. The molecule has 1 saturated heterocycles. The number of rotatable bonds is 4. The van der Waals surface area contributed by atoms with Gasteiger partial charge in [0.1, 0.15) is 26.9 Å². The molecule has 31 heavy (non-hydrogen) atoms. The highest BCUT2D eigenvalue weighted by molar-refractivity contribution is 7.19. The number of methoxy groups -OCH3 is 1. The van der Waals surface area contributed by atoms with E-state index in [2.05, 4.69) is 0 Å². The van der Waals surface area contributed by atoms with Gasteiger partial charge < -0.3 is 25.0 Å². The van der Waals surface area contributed by atoms with Crippen molar-refractivity contribution in [2.24, 2.45) is 11.7 Å². The molecule has 1 aromatic carbocycles. The van der Waals surface area contributed by atoms with Gasteiger partial charge in [0, 0.05) is 19.1 Å². The van der Waals surface area contributed by atoms with E-state index in [9.17, 15) is 15.2 Å². The van der Waals surface area contributed by atoms with Gasteiger partial charge in [0.05, 0.1) is 18.0 Å². The predicted octanol–water partition coefficient (Wildman–Crippen LogP) is 3.45. The summed E-state index contributed by atoms with van der Waals surface area (Å²) in [6, 6.07) is 3.32. The molecule has 0 bridgehead atoms. The number of hydrogen-bond acceptors (Lipinski definition) is 7. The van der Waals surface area contributed by atoms with Gasteiger partial charge in [0.2, 0.25) is 5.43 Å². The van der Waals surface area contributed by atoms with Crippen LogP contribution >= 0.6 is 11.3 Å². The second-order valence-electron chi connectivity index (χ2n) is 8.33. The smallest absolute Gasteiger partial charge is 0.202 e. The zero-order valence-electron chi connectivity index (χ0n) is 17.2. The first-order valence-electron chi connectivity index (χ1n) is 10.4. The van der Waals surface area contributed by atoms with E-state index in [1.807, 2.05) is 15.5 Å². The van der Waals surface area contributed by atoms with E-state index >= 15 is 4.39 Å². The Morgan fingerprint density at radius 2 is 2.19 bits per heavy atom. The van der Waals surface area contributed by atoms with Gasteiger partial charge in [0.15, 0.2) is 17.3 Å². The molecule has 1 aliphatic carbocycles. The number of pyridine rings is 1. The number of piperidine rings is 1. The van der Waals surface area contributed by atoms with Crippen molar-refractivity contribution in [1.82, 2.24) is 4.57 Å². The molecule has 2 aromatic heterocycles. The first-order chi connectivity index (χ1) is 15.0. The molecule has 2 fully saturated rings. The molecule has 5 rings (SSSR count). The third-order valence-electron chi connectivity index (χ3n) is 6.36. The van der Waals surface area contributed by atoms with Gasteiger partial charge in [-0.1, -0.05) is 0 Å². The highest BCUT2D eigenvalue weighted by atomic mass is 32.1. The number of nitrogens with two attached hydrogens (primary N) is 1. The maximum absolute atomic E-state index is 15.5. The second kappa shape index (κ2) is 7.39. The Bertz CT molecular complexity index is 1300. The lowest BCUT2D eigenvalue weighted by atomic mass is 9.97. The minimum atomic E-state index is -0.531. The molecule has 1 atom stereocenters. The average molecular weight is 443 g/mol. The van der Waals surface area contributed by atoms with E-state index in [1.54, 1.807) is 0 Å². The molecular formula is C22H23FN4O3S. The number of benzene rings is 1. The third kappa shape index (κ3) is 2.97. The van der Waals surface area contributed by atoms with Gasteiger partial charge in [0.25, 0.3) is 0 Å². The maximum atomic E-state index is 15.5. The molecule has 3 heterocycles. The molecule has 0 radical (unpaired) electrons. The summed E-state index contributed by atoms with van der Waals surface area (Å²) in [4.78, 5) is 15.9. The predicted molar refractivity (Wildman–Crippen MR) is 119 cm³/mol. The summed E-state index contributed by atoms with van der Waals surface area (Å²) in [6.45, 7) is 1.85. The molecule has 1 saturated carbocycles. The lowest BCUT2D eigenvalue weighted by molar-refractivity contribution is 0.395. The van der Waals surface area contributed by atoms with Crippen molar-refractivity contribution in [3.05, 3.63) is 27.0 Å². The lowest BCUT2D eigenvalue weighted by Gasteiger charge is -2.35. The SMILES string of the molecule is COc1c(N2CCCC(CN)C2)c(F)cc2c(=O)c3c(O)c(C#N)sc3n(C3CC3)c12. The number of aromatic hydroxyl groups is 1. The van der Waals surface area contributed by atoms with Crippen LogP contribution in [-0.4, -0.2) is 36.4 Å². The summed E-state index contributed by atoms with van der Waals surface area (Å²) < 4.78 is 23.2. The van der Waals surface area contributed by atoms with Crippen LogP contribution in [0.15, 0.2) is 10.9 Å². The molecule has 0 amide bonds. The zero-order chi connectivity index (χ0) is 21.9. The number of anilines is 1. The van der Waals surface area contributed by atoms with Crippen LogP contribution in [0.25, 0.3) is 21.1 Å². The molecule has 3 aromatic rings. The van der Waals surface area contributed by atoms with Crippen molar-refractivity contribution in [2.45, 2.75) is 31.7 Å². The van der Waals surface area contributed by atoms with Crippen LogP contribution in [0, 0.1) is 23.1 Å². The van der Waals surface area contributed by atoms with Crippen molar-refractivity contribution in [2.75, 3.05) is 31.6 Å². The highest BCUT2D eigenvalue weighted by Crippen LogP contribution is 2.48. The Morgan fingerprint density at radius 3 is 2.84 bits per heavy atom. The maximum Gasteiger partial charge on any atom is 0.202 e. The first kappa shape index (κ1) is 20.1. The normalized spacial score (nSPS) is 19.2. The van der Waals surface area contributed by atoms with Crippen LogP contribution in [0.4, 0.5) is 10.1 Å². The molecule has 9 heteroatoms. The number of halogens is 1. The van der Waals surface area contributed by atoms with Crippen LogP contribution < -0.4 is 20.8 Å². The standard InChI is InChI=1S/C22H23FN4O3S/c1-30-21-17-13(7-14(23)18(21)26-6-2-3-11(8-24)10-26)19(28)16-20(29)15(9-25)31-22(16)27(17)12-4-5-12/h7,11-12,29H,2-6,8,10,24H2,1H3. The molecule has 162 valence electrons. The van der Waals surface area contributed by atoms with E-state index in [4.69, 9.17) is 10.5 Å². The average Bonchev–Trinajstić information content (AvgIpc) is 3.56. The fourth-order valence-electron chi connectivity index (χ4n) is 4.75. The molecule has 7 nitrogen and oxygen atoms in total. The molecular weight excluding hydrogens is 419 g/mol.